The Labute approximate surface area is 73.8 Å². The first-order chi connectivity index (χ1) is 5.95. The molecule has 0 bridgehead atoms. The Morgan fingerprint density at radius 3 is 2.31 bits per heavy atom. The molecule has 2 N–H and O–H groups in total. The van der Waals surface area contributed by atoms with Gasteiger partial charge in [-0.15, -0.1) is 0 Å². The van der Waals surface area contributed by atoms with Gasteiger partial charge in [-0.1, -0.05) is 6.92 Å². The molecule has 0 unspecified atom stereocenters. The lowest BCUT2D eigenvalue weighted by atomic mass is 10.1. The van der Waals surface area contributed by atoms with Gasteiger partial charge in [0.2, 0.25) is 5.91 Å². The van der Waals surface area contributed by atoms with Gasteiger partial charge in [0.15, 0.2) is 0 Å². The zero-order valence-corrected chi connectivity index (χ0v) is 6.93. The van der Waals surface area contributed by atoms with Gasteiger partial charge in [-0.2, -0.15) is 0 Å². The smallest absolute Gasteiger partial charge is 0.414 e. The molecular weight excluding hydrogens is 178 g/mol. The number of nitrogens with zero attached hydrogens (tertiary/aromatic N) is 1. The fourth-order valence-electron chi connectivity index (χ4n) is 1.37. The summed E-state index contributed by atoms with van der Waals surface area (Å²) in [5, 5.41) is 17.2. The topological polar surface area (TPSA) is 94.9 Å². The number of aliphatic carboxylic acids is 1. The molecule has 1 aliphatic rings. The van der Waals surface area contributed by atoms with Gasteiger partial charge in [-0.05, 0) is 6.42 Å². The van der Waals surface area contributed by atoms with Crippen LogP contribution in [0.1, 0.15) is 13.3 Å². The molecule has 0 spiro atoms. The molecule has 0 saturated carbocycles. The molecule has 1 heterocycles. The Balaban J connectivity index is 2.93. The molecule has 13 heavy (non-hydrogen) atoms. The van der Waals surface area contributed by atoms with Crippen LogP contribution in [0.3, 0.4) is 0 Å². The summed E-state index contributed by atoms with van der Waals surface area (Å²) in [6.07, 6.45) is -1.44. The molecule has 6 nitrogen and oxygen atoms in total. The molecule has 1 aliphatic heterocycles. The fourth-order valence-corrected chi connectivity index (χ4v) is 1.37. The maximum absolute atomic E-state index is 11.1. The van der Waals surface area contributed by atoms with Crippen molar-refractivity contribution in [2.75, 3.05) is 0 Å². The van der Waals surface area contributed by atoms with Crippen LogP contribution in [0.15, 0.2) is 0 Å². The highest BCUT2D eigenvalue weighted by atomic mass is 16.4. The molecule has 2 atom stereocenters. The number of imide groups is 1. The van der Waals surface area contributed by atoms with E-state index in [1.807, 2.05) is 0 Å². The van der Waals surface area contributed by atoms with Crippen molar-refractivity contribution in [3.8, 4) is 0 Å². The number of amides is 2. The molecule has 0 aromatic rings. The van der Waals surface area contributed by atoms with Gasteiger partial charge in [0.25, 0.3) is 0 Å². The Kier molecular flexibility index (Phi) is 2.22. The van der Waals surface area contributed by atoms with E-state index in [1.165, 1.54) is 6.92 Å². The van der Waals surface area contributed by atoms with Crippen LogP contribution in [0, 0.1) is 5.92 Å². The maximum atomic E-state index is 11.1. The van der Waals surface area contributed by atoms with Gasteiger partial charge in [-0.3, -0.25) is 4.79 Å². The van der Waals surface area contributed by atoms with Gasteiger partial charge in [0, 0.05) is 5.92 Å². The summed E-state index contributed by atoms with van der Waals surface area (Å²) >= 11 is 0. The molecule has 0 aromatic heterocycles. The molecule has 0 aliphatic carbocycles. The highest BCUT2D eigenvalue weighted by Gasteiger charge is 2.44. The highest BCUT2D eigenvalue weighted by molar-refractivity contribution is 5.99. The number of hydrogen-bond acceptors (Lipinski definition) is 3. The molecule has 1 fully saturated rings. The van der Waals surface area contributed by atoms with Crippen LogP contribution in [0.2, 0.25) is 0 Å². The second kappa shape index (κ2) is 3.04. The summed E-state index contributed by atoms with van der Waals surface area (Å²) in [7, 11) is 0. The zero-order chi connectivity index (χ0) is 10.2. The van der Waals surface area contributed by atoms with E-state index in [0.29, 0.717) is 4.90 Å². The number of carboxylic acids is 1. The summed E-state index contributed by atoms with van der Waals surface area (Å²) in [6, 6.07) is -1.22. The first kappa shape index (κ1) is 9.50. The number of carbonyl (C=O) groups excluding carboxylic acids is 1. The lowest BCUT2D eigenvalue weighted by Gasteiger charge is -2.14. The van der Waals surface area contributed by atoms with E-state index in [1.54, 1.807) is 0 Å². The number of rotatable bonds is 1. The number of hydrogen-bond donors (Lipinski definition) is 2. The molecule has 1 saturated heterocycles. The number of likely N-dealkylation sites (tertiary alicyclic amines) is 1. The second-order valence-corrected chi connectivity index (χ2v) is 2.98. The van der Waals surface area contributed by atoms with Gasteiger partial charge in [-0.25, -0.2) is 14.5 Å². The van der Waals surface area contributed by atoms with Crippen LogP contribution in [0.5, 0.6) is 0 Å². The van der Waals surface area contributed by atoms with E-state index in [9.17, 15) is 14.4 Å². The first-order valence-corrected chi connectivity index (χ1v) is 3.74. The van der Waals surface area contributed by atoms with Crippen LogP contribution in [0.4, 0.5) is 4.79 Å². The van der Waals surface area contributed by atoms with Crippen molar-refractivity contribution in [2.45, 2.75) is 19.4 Å². The average Bonchev–Trinajstić information content (AvgIpc) is 2.28. The van der Waals surface area contributed by atoms with Crippen molar-refractivity contribution >= 4 is 18.0 Å². The van der Waals surface area contributed by atoms with E-state index in [4.69, 9.17) is 10.2 Å². The van der Waals surface area contributed by atoms with Gasteiger partial charge >= 0.3 is 12.1 Å². The largest absolute Gasteiger partial charge is 0.480 e. The van der Waals surface area contributed by atoms with Crippen LogP contribution in [0.25, 0.3) is 0 Å². The SMILES string of the molecule is C[C@@H]1C[C@H](C(=O)O)N(C(=O)O)C1=O. The number of carbonyl (C=O) groups is 3. The van der Waals surface area contributed by atoms with Crippen molar-refractivity contribution < 1.29 is 24.6 Å². The summed E-state index contributed by atoms with van der Waals surface area (Å²) < 4.78 is 0. The molecule has 6 heteroatoms. The van der Waals surface area contributed by atoms with Crippen LogP contribution in [-0.4, -0.2) is 39.1 Å². The molecule has 0 radical (unpaired) electrons. The van der Waals surface area contributed by atoms with E-state index in [0.717, 1.165) is 0 Å². The Bertz CT molecular complexity index is 274. The fraction of sp³-hybridized carbons (Fsp3) is 0.571. The van der Waals surface area contributed by atoms with Crippen molar-refractivity contribution in [2.24, 2.45) is 5.92 Å². The van der Waals surface area contributed by atoms with Crippen molar-refractivity contribution in [1.29, 1.82) is 0 Å². The second-order valence-electron chi connectivity index (χ2n) is 2.98. The molecule has 1 rings (SSSR count). The third-order valence-corrected chi connectivity index (χ3v) is 2.04. The van der Waals surface area contributed by atoms with Crippen molar-refractivity contribution in [3.63, 3.8) is 0 Å². The lowest BCUT2D eigenvalue weighted by molar-refractivity contribution is -0.145. The molecule has 0 aromatic carbocycles. The monoisotopic (exact) mass is 187 g/mol. The summed E-state index contributed by atoms with van der Waals surface area (Å²) in [5.74, 6) is -2.45. The van der Waals surface area contributed by atoms with Crippen molar-refractivity contribution in [1.82, 2.24) is 4.90 Å². The third-order valence-electron chi connectivity index (χ3n) is 2.04. The number of carboxylic acid groups (broad SMARTS) is 2. The van der Waals surface area contributed by atoms with E-state index in [-0.39, 0.29) is 6.42 Å². The van der Waals surface area contributed by atoms with Crippen LogP contribution in [-0.2, 0) is 9.59 Å². The quantitative estimate of drug-likeness (QED) is 0.601. The summed E-state index contributed by atoms with van der Waals surface area (Å²) in [4.78, 5) is 32.6. The first-order valence-electron chi connectivity index (χ1n) is 3.74. The minimum atomic E-state index is -1.50. The maximum Gasteiger partial charge on any atom is 0.414 e. The standard InChI is InChI=1S/C7H9NO5/c1-3-2-4(6(10)11)8(5(3)9)7(12)13/h3-4H,2H2,1H3,(H,10,11)(H,12,13)/t3-,4-/m1/s1. The lowest BCUT2D eigenvalue weighted by Crippen LogP contribution is -2.42. The van der Waals surface area contributed by atoms with Crippen LogP contribution >= 0.6 is 0 Å². The predicted octanol–water partition coefficient (Wildman–Crippen LogP) is -0.0140. The minimum Gasteiger partial charge on any atom is -0.480 e. The van der Waals surface area contributed by atoms with E-state index >= 15 is 0 Å². The van der Waals surface area contributed by atoms with Gasteiger partial charge in [0.1, 0.15) is 6.04 Å². The summed E-state index contributed by atoms with van der Waals surface area (Å²) in [5.41, 5.74) is 0. The highest BCUT2D eigenvalue weighted by Crippen LogP contribution is 2.24. The Morgan fingerprint density at radius 2 is 2.00 bits per heavy atom. The Hall–Kier alpha value is -1.59. The van der Waals surface area contributed by atoms with E-state index < -0.39 is 29.9 Å². The zero-order valence-electron chi connectivity index (χ0n) is 6.93. The third kappa shape index (κ3) is 1.47. The van der Waals surface area contributed by atoms with Gasteiger partial charge in [0.05, 0.1) is 0 Å². The molecular formula is C7H9NO5. The van der Waals surface area contributed by atoms with E-state index in [2.05, 4.69) is 0 Å². The van der Waals surface area contributed by atoms with Crippen LogP contribution < -0.4 is 0 Å². The molecule has 2 amide bonds. The Morgan fingerprint density at radius 1 is 1.46 bits per heavy atom. The predicted molar refractivity (Wildman–Crippen MR) is 40.1 cm³/mol. The average molecular weight is 187 g/mol. The summed E-state index contributed by atoms with van der Waals surface area (Å²) in [6.45, 7) is 1.52. The minimum absolute atomic E-state index is 0.0560. The molecule has 72 valence electrons. The van der Waals surface area contributed by atoms with Gasteiger partial charge < -0.3 is 10.2 Å². The van der Waals surface area contributed by atoms with Crippen molar-refractivity contribution in [3.05, 3.63) is 0 Å². The normalized spacial score (nSPS) is 27.8.